The molecule has 0 atom stereocenters. The van der Waals surface area contributed by atoms with Gasteiger partial charge in [-0.25, -0.2) is 0 Å². The highest BCUT2D eigenvalue weighted by molar-refractivity contribution is 6.39. The van der Waals surface area contributed by atoms with Gasteiger partial charge >= 0.3 is 0 Å². The molecule has 0 saturated heterocycles. The van der Waals surface area contributed by atoms with Gasteiger partial charge in [-0.05, 0) is 29.8 Å². The summed E-state index contributed by atoms with van der Waals surface area (Å²) in [6.45, 7) is 0. The maximum absolute atomic E-state index is 12.2. The van der Waals surface area contributed by atoms with Gasteiger partial charge in [0.2, 0.25) is 0 Å². The van der Waals surface area contributed by atoms with E-state index in [0.29, 0.717) is 21.2 Å². The smallest absolute Gasteiger partial charge is 0.167 e. The molecule has 0 spiro atoms. The van der Waals surface area contributed by atoms with Crippen LogP contribution in [0.1, 0.15) is 15.9 Å². The van der Waals surface area contributed by atoms with Crippen LogP contribution in [0.15, 0.2) is 30.3 Å². The molecule has 0 aromatic heterocycles. The molecule has 2 nitrogen and oxygen atoms in total. The number of carbonyl (C=O) groups excluding carboxylic acids is 1. The minimum absolute atomic E-state index is 0.132. The minimum Gasteiger partial charge on any atom is -0.396 e. The number of carbonyl (C=O) groups is 1. The SMILES string of the molecule is Nc1c(Cl)cc(C(=O)Cc2ccc(Cl)cc2Cl)cc1Cl. The fourth-order valence-corrected chi connectivity index (χ4v) is 2.65. The molecule has 0 aliphatic heterocycles. The number of Topliss-reactive ketones (excluding diaryl/α,β-unsaturated/α-hetero) is 1. The summed E-state index contributed by atoms with van der Waals surface area (Å²) in [5.41, 5.74) is 6.97. The Hall–Kier alpha value is -0.930. The van der Waals surface area contributed by atoms with Crippen LogP contribution in [0, 0.1) is 0 Å². The van der Waals surface area contributed by atoms with E-state index in [4.69, 9.17) is 52.1 Å². The zero-order valence-corrected chi connectivity index (χ0v) is 13.1. The van der Waals surface area contributed by atoms with E-state index in [1.54, 1.807) is 18.2 Å². The molecule has 2 N–H and O–H groups in total. The number of hydrogen-bond acceptors (Lipinski definition) is 2. The maximum atomic E-state index is 12.2. The second kappa shape index (κ2) is 6.23. The Morgan fingerprint density at radius 1 is 0.950 bits per heavy atom. The maximum Gasteiger partial charge on any atom is 0.167 e. The van der Waals surface area contributed by atoms with Crippen molar-refractivity contribution in [2.75, 3.05) is 5.73 Å². The van der Waals surface area contributed by atoms with Crippen molar-refractivity contribution >= 4 is 57.9 Å². The average Bonchev–Trinajstić information content (AvgIpc) is 2.38. The van der Waals surface area contributed by atoms with Gasteiger partial charge in [-0.1, -0.05) is 52.5 Å². The zero-order valence-electron chi connectivity index (χ0n) is 10.1. The van der Waals surface area contributed by atoms with Crippen LogP contribution in [0.25, 0.3) is 0 Å². The molecule has 2 rings (SSSR count). The monoisotopic (exact) mass is 347 g/mol. The van der Waals surface area contributed by atoms with Gasteiger partial charge in [0.05, 0.1) is 15.7 Å². The fraction of sp³-hybridized carbons (Fsp3) is 0.0714. The first kappa shape index (κ1) is 15.5. The summed E-state index contributed by atoms with van der Waals surface area (Å²) < 4.78 is 0. The first-order valence-electron chi connectivity index (χ1n) is 5.60. The van der Waals surface area contributed by atoms with Gasteiger partial charge in [0.1, 0.15) is 0 Å². The Bertz CT molecular complexity index is 662. The van der Waals surface area contributed by atoms with E-state index in [1.807, 2.05) is 0 Å². The molecule has 0 saturated carbocycles. The predicted octanol–water partition coefficient (Wildman–Crippen LogP) is 5.31. The number of ketones is 1. The Kier molecular flexibility index (Phi) is 4.82. The number of nitrogen functional groups attached to an aromatic ring is 1. The van der Waals surface area contributed by atoms with Crippen molar-refractivity contribution in [2.45, 2.75) is 6.42 Å². The van der Waals surface area contributed by atoms with Crippen molar-refractivity contribution < 1.29 is 4.79 Å². The number of nitrogens with two attached hydrogens (primary N) is 1. The van der Waals surface area contributed by atoms with E-state index in [-0.39, 0.29) is 27.9 Å². The van der Waals surface area contributed by atoms with Crippen LogP contribution >= 0.6 is 46.4 Å². The molecular formula is C14H9Cl4NO. The molecular weight excluding hydrogens is 340 g/mol. The lowest BCUT2D eigenvalue weighted by Gasteiger charge is -2.07. The van der Waals surface area contributed by atoms with Crippen molar-refractivity contribution in [3.63, 3.8) is 0 Å². The molecule has 0 amide bonds. The normalized spacial score (nSPS) is 10.6. The number of hydrogen-bond donors (Lipinski definition) is 1. The molecule has 0 radical (unpaired) electrons. The highest BCUT2D eigenvalue weighted by Gasteiger charge is 2.13. The lowest BCUT2D eigenvalue weighted by molar-refractivity contribution is 0.0993. The standard InChI is InChI=1S/C14H9Cl4NO/c15-9-2-1-7(10(16)6-9)5-13(20)8-3-11(17)14(19)12(18)4-8/h1-4,6H,5,19H2. The van der Waals surface area contributed by atoms with E-state index >= 15 is 0 Å². The molecule has 0 aliphatic carbocycles. The summed E-state index contributed by atoms with van der Waals surface area (Å²) in [6.07, 6.45) is 0.132. The quantitative estimate of drug-likeness (QED) is 0.603. The second-order valence-electron chi connectivity index (χ2n) is 4.19. The molecule has 20 heavy (non-hydrogen) atoms. The summed E-state index contributed by atoms with van der Waals surface area (Å²) in [5.74, 6) is -0.155. The molecule has 6 heteroatoms. The van der Waals surface area contributed by atoms with Crippen molar-refractivity contribution in [1.29, 1.82) is 0 Å². The van der Waals surface area contributed by atoms with Crippen molar-refractivity contribution in [3.05, 3.63) is 61.5 Å². The van der Waals surface area contributed by atoms with E-state index in [9.17, 15) is 4.79 Å². The predicted molar refractivity (Wildman–Crippen MR) is 85.4 cm³/mol. The van der Waals surface area contributed by atoms with Crippen molar-refractivity contribution in [1.82, 2.24) is 0 Å². The number of halogens is 4. The van der Waals surface area contributed by atoms with Gasteiger partial charge in [-0.2, -0.15) is 0 Å². The topological polar surface area (TPSA) is 43.1 Å². The van der Waals surface area contributed by atoms with Gasteiger partial charge in [0.25, 0.3) is 0 Å². The van der Waals surface area contributed by atoms with Gasteiger partial charge in [-0.15, -0.1) is 0 Å². The van der Waals surface area contributed by atoms with Crippen LogP contribution in [0.3, 0.4) is 0 Å². The van der Waals surface area contributed by atoms with Gasteiger partial charge in [0.15, 0.2) is 5.78 Å². The molecule has 2 aromatic carbocycles. The molecule has 0 aliphatic rings. The van der Waals surface area contributed by atoms with Crippen molar-refractivity contribution in [3.8, 4) is 0 Å². The molecule has 0 fully saturated rings. The average molecular weight is 349 g/mol. The van der Waals surface area contributed by atoms with Gasteiger partial charge in [-0.3, -0.25) is 4.79 Å². The lowest BCUT2D eigenvalue weighted by Crippen LogP contribution is -2.05. The summed E-state index contributed by atoms with van der Waals surface area (Å²) in [4.78, 5) is 12.2. The summed E-state index contributed by atoms with van der Waals surface area (Å²) in [5, 5.41) is 1.47. The molecule has 0 heterocycles. The van der Waals surface area contributed by atoms with Gasteiger partial charge in [0, 0.05) is 22.0 Å². The summed E-state index contributed by atoms with van der Waals surface area (Å²) >= 11 is 23.7. The highest BCUT2D eigenvalue weighted by atomic mass is 35.5. The van der Waals surface area contributed by atoms with Crippen LogP contribution in [-0.4, -0.2) is 5.78 Å². The van der Waals surface area contributed by atoms with E-state index in [2.05, 4.69) is 0 Å². The van der Waals surface area contributed by atoms with Crippen LogP contribution in [-0.2, 0) is 6.42 Å². The number of rotatable bonds is 3. The Morgan fingerprint density at radius 3 is 2.10 bits per heavy atom. The minimum atomic E-state index is -0.155. The second-order valence-corrected chi connectivity index (χ2v) is 5.85. The Balaban J connectivity index is 2.28. The number of anilines is 1. The molecule has 2 aromatic rings. The third kappa shape index (κ3) is 3.39. The Morgan fingerprint density at radius 2 is 1.55 bits per heavy atom. The van der Waals surface area contributed by atoms with E-state index in [0.717, 1.165) is 0 Å². The van der Waals surface area contributed by atoms with Crippen LogP contribution in [0.2, 0.25) is 20.1 Å². The van der Waals surface area contributed by atoms with Crippen molar-refractivity contribution in [2.24, 2.45) is 0 Å². The molecule has 104 valence electrons. The van der Waals surface area contributed by atoms with Crippen LogP contribution < -0.4 is 5.73 Å². The van der Waals surface area contributed by atoms with E-state index in [1.165, 1.54) is 12.1 Å². The molecule has 0 bridgehead atoms. The third-order valence-corrected chi connectivity index (χ3v) is 3.98. The Labute approximate surface area is 136 Å². The van der Waals surface area contributed by atoms with E-state index < -0.39 is 0 Å². The zero-order chi connectivity index (χ0) is 14.9. The first-order chi connectivity index (χ1) is 9.38. The van der Waals surface area contributed by atoms with Gasteiger partial charge < -0.3 is 5.73 Å². The fourth-order valence-electron chi connectivity index (χ4n) is 1.69. The molecule has 0 unspecified atom stereocenters. The third-order valence-electron chi connectivity index (χ3n) is 2.77. The summed E-state index contributed by atoms with van der Waals surface area (Å²) in [6, 6.07) is 7.97. The number of benzene rings is 2. The summed E-state index contributed by atoms with van der Waals surface area (Å²) in [7, 11) is 0. The first-order valence-corrected chi connectivity index (χ1v) is 7.11. The largest absolute Gasteiger partial charge is 0.396 e. The van der Waals surface area contributed by atoms with Crippen LogP contribution in [0.5, 0.6) is 0 Å². The lowest BCUT2D eigenvalue weighted by atomic mass is 10.0. The van der Waals surface area contributed by atoms with Crippen LogP contribution in [0.4, 0.5) is 5.69 Å². The highest BCUT2D eigenvalue weighted by Crippen LogP contribution is 2.30.